The van der Waals surface area contributed by atoms with Crippen LogP contribution in [-0.2, 0) is 20.4 Å². The molecule has 0 N–H and O–H groups in total. The van der Waals surface area contributed by atoms with E-state index in [1.54, 1.807) is 4.90 Å². The lowest BCUT2D eigenvalue weighted by Crippen LogP contribution is -2.41. The molecule has 5 heteroatoms. The molecule has 1 heterocycles. The molecule has 0 saturated carbocycles. The van der Waals surface area contributed by atoms with Crippen molar-refractivity contribution in [3.05, 3.63) is 35.9 Å². The summed E-state index contributed by atoms with van der Waals surface area (Å²) in [7, 11) is -3.12. The summed E-state index contributed by atoms with van der Waals surface area (Å²) in [4.78, 5) is 12.9. The van der Waals surface area contributed by atoms with E-state index in [9.17, 15) is 13.2 Å². The van der Waals surface area contributed by atoms with Gasteiger partial charge in [0.25, 0.3) is 0 Å². The highest BCUT2D eigenvalue weighted by molar-refractivity contribution is 7.91. The van der Waals surface area contributed by atoms with Crippen molar-refractivity contribution in [2.24, 2.45) is 0 Å². The maximum absolute atomic E-state index is 12.3. The summed E-state index contributed by atoms with van der Waals surface area (Å²) in [5.41, 5.74) is 0.830. The summed E-state index contributed by atoms with van der Waals surface area (Å²) in [5.74, 6) is 0.123. The van der Waals surface area contributed by atoms with Gasteiger partial charge in [-0.25, -0.2) is 8.42 Å². The van der Waals surface area contributed by atoms with Crippen LogP contribution in [0.5, 0.6) is 0 Å². The lowest BCUT2D eigenvalue weighted by atomic mass is 10.1. The summed E-state index contributed by atoms with van der Waals surface area (Å²) in [6.45, 7) is 2.63. The fourth-order valence-electron chi connectivity index (χ4n) is 2.45. The molecule has 4 nitrogen and oxygen atoms in total. The highest BCUT2D eigenvalue weighted by Gasteiger charge is 2.30. The van der Waals surface area contributed by atoms with Crippen LogP contribution in [0.3, 0.4) is 0 Å². The molecule has 0 atom stereocenters. The van der Waals surface area contributed by atoms with E-state index in [0.717, 1.165) is 5.56 Å². The van der Waals surface area contributed by atoms with Crippen LogP contribution in [0.1, 0.15) is 25.3 Å². The number of piperidine rings is 1. The fraction of sp³-hybridized carbons (Fsp3) is 0.500. The van der Waals surface area contributed by atoms with Crippen LogP contribution in [0, 0.1) is 0 Å². The number of carbonyl (C=O) groups excluding carboxylic acids is 1. The number of amides is 1. The van der Waals surface area contributed by atoms with Crippen molar-refractivity contribution in [3.8, 4) is 0 Å². The van der Waals surface area contributed by atoms with E-state index in [1.807, 2.05) is 30.3 Å². The molecule has 0 unspecified atom stereocenters. The standard InChI is InChI=1S/C14H19NO3S/c1-12(16)15-9-7-14(8-10-15)19(17,18)11-13-5-3-2-4-6-13/h2-6,14H,7-11H2,1H3. The molecule has 1 aromatic rings. The molecule has 1 amide bonds. The average Bonchev–Trinajstić information content (AvgIpc) is 2.39. The molecule has 1 aromatic carbocycles. The summed E-state index contributed by atoms with van der Waals surface area (Å²) >= 11 is 0. The third-order valence-corrected chi connectivity index (χ3v) is 5.83. The molecular formula is C14H19NO3S. The Hall–Kier alpha value is -1.36. The van der Waals surface area contributed by atoms with Gasteiger partial charge in [-0.2, -0.15) is 0 Å². The van der Waals surface area contributed by atoms with Gasteiger partial charge in [0, 0.05) is 20.0 Å². The van der Waals surface area contributed by atoms with E-state index in [4.69, 9.17) is 0 Å². The van der Waals surface area contributed by atoms with Crippen molar-refractivity contribution in [1.82, 2.24) is 4.90 Å². The lowest BCUT2D eigenvalue weighted by molar-refractivity contribution is -0.129. The van der Waals surface area contributed by atoms with E-state index >= 15 is 0 Å². The number of hydrogen-bond donors (Lipinski definition) is 0. The predicted molar refractivity (Wildman–Crippen MR) is 74.3 cm³/mol. The topological polar surface area (TPSA) is 54.5 Å². The minimum atomic E-state index is -3.12. The molecule has 1 aliphatic heterocycles. The molecule has 104 valence electrons. The number of likely N-dealkylation sites (tertiary alicyclic amines) is 1. The largest absolute Gasteiger partial charge is 0.343 e. The Bertz CT molecular complexity index is 531. The number of carbonyl (C=O) groups is 1. The van der Waals surface area contributed by atoms with Crippen LogP contribution in [0.15, 0.2) is 30.3 Å². The first-order chi connectivity index (χ1) is 8.99. The lowest BCUT2D eigenvalue weighted by Gasteiger charge is -2.31. The first kappa shape index (κ1) is 14.1. The zero-order chi connectivity index (χ0) is 13.9. The van der Waals surface area contributed by atoms with Crippen molar-refractivity contribution < 1.29 is 13.2 Å². The van der Waals surface area contributed by atoms with E-state index < -0.39 is 9.84 Å². The highest BCUT2D eigenvalue weighted by Crippen LogP contribution is 2.21. The summed E-state index contributed by atoms with van der Waals surface area (Å²) < 4.78 is 24.7. The van der Waals surface area contributed by atoms with Gasteiger partial charge >= 0.3 is 0 Å². The number of rotatable bonds is 3. The Morgan fingerprint density at radius 2 is 1.79 bits per heavy atom. The van der Waals surface area contributed by atoms with Gasteiger partial charge in [0.15, 0.2) is 9.84 Å². The first-order valence-electron chi connectivity index (χ1n) is 6.50. The molecule has 0 aliphatic carbocycles. The van der Waals surface area contributed by atoms with E-state index in [1.165, 1.54) is 6.92 Å². The summed E-state index contributed by atoms with van der Waals surface area (Å²) in [5, 5.41) is -0.316. The van der Waals surface area contributed by atoms with Crippen LogP contribution >= 0.6 is 0 Å². The van der Waals surface area contributed by atoms with Gasteiger partial charge in [-0.1, -0.05) is 30.3 Å². The maximum atomic E-state index is 12.3. The Labute approximate surface area is 114 Å². The van der Waals surface area contributed by atoms with Crippen LogP contribution in [-0.4, -0.2) is 37.6 Å². The third-order valence-electron chi connectivity index (χ3n) is 3.61. The van der Waals surface area contributed by atoms with Crippen molar-refractivity contribution in [2.75, 3.05) is 13.1 Å². The molecule has 0 aromatic heterocycles. The van der Waals surface area contributed by atoms with Gasteiger partial charge in [-0.05, 0) is 18.4 Å². The number of sulfone groups is 1. The number of benzene rings is 1. The normalized spacial score (nSPS) is 17.4. The van der Waals surface area contributed by atoms with Crippen molar-refractivity contribution in [1.29, 1.82) is 0 Å². The van der Waals surface area contributed by atoms with Crippen molar-refractivity contribution >= 4 is 15.7 Å². The van der Waals surface area contributed by atoms with Crippen molar-refractivity contribution in [2.45, 2.75) is 30.8 Å². The molecule has 1 saturated heterocycles. The minimum Gasteiger partial charge on any atom is -0.343 e. The summed E-state index contributed by atoms with van der Waals surface area (Å²) in [6, 6.07) is 9.25. The predicted octanol–water partition coefficient (Wildman–Crippen LogP) is 1.61. The monoisotopic (exact) mass is 281 g/mol. The second kappa shape index (κ2) is 5.74. The minimum absolute atomic E-state index is 0.0268. The Morgan fingerprint density at radius 1 is 1.21 bits per heavy atom. The average molecular weight is 281 g/mol. The third kappa shape index (κ3) is 3.56. The zero-order valence-electron chi connectivity index (χ0n) is 11.1. The molecule has 1 aliphatic rings. The molecule has 0 spiro atoms. The van der Waals surface area contributed by atoms with Crippen LogP contribution in [0.2, 0.25) is 0 Å². The van der Waals surface area contributed by atoms with Crippen molar-refractivity contribution in [3.63, 3.8) is 0 Å². The molecule has 0 bridgehead atoms. The van der Waals surface area contributed by atoms with E-state index in [2.05, 4.69) is 0 Å². The van der Waals surface area contributed by atoms with Crippen LogP contribution in [0.4, 0.5) is 0 Å². The Morgan fingerprint density at radius 3 is 2.32 bits per heavy atom. The quantitative estimate of drug-likeness (QED) is 0.846. The smallest absolute Gasteiger partial charge is 0.219 e. The van der Waals surface area contributed by atoms with E-state index in [0.29, 0.717) is 25.9 Å². The second-order valence-electron chi connectivity index (χ2n) is 5.00. The van der Waals surface area contributed by atoms with E-state index in [-0.39, 0.29) is 16.9 Å². The second-order valence-corrected chi connectivity index (χ2v) is 7.28. The van der Waals surface area contributed by atoms with Crippen LogP contribution < -0.4 is 0 Å². The van der Waals surface area contributed by atoms with Gasteiger partial charge in [0.05, 0.1) is 11.0 Å². The highest BCUT2D eigenvalue weighted by atomic mass is 32.2. The Kier molecular flexibility index (Phi) is 4.24. The van der Waals surface area contributed by atoms with Gasteiger partial charge in [-0.15, -0.1) is 0 Å². The number of hydrogen-bond acceptors (Lipinski definition) is 3. The van der Waals surface area contributed by atoms with Gasteiger partial charge in [0.2, 0.25) is 5.91 Å². The Balaban J connectivity index is 2.00. The molecular weight excluding hydrogens is 262 g/mol. The van der Waals surface area contributed by atoms with Gasteiger partial charge in [-0.3, -0.25) is 4.79 Å². The summed E-state index contributed by atoms with van der Waals surface area (Å²) in [6.07, 6.45) is 1.10. The van der Waals surface area contributed by atoms with Gasteiger partial charge < -0.3 is 4.90 Å². The molecule has 19 heavy (non-hydrogen) atoms. The SMILES string of the molecule is CC(=O)N1CCC(S(=O)(=O)Cc2ccccc2)CC1. The first-order valence-corrected chi connectivity index (χ1v) is 8.21. The zero-order valence-corrected chi connectivity index (χ0v) is 11.9. The fourth-order valence-corrected chi connectivity index (χ4v) is 4.28. The van der Waals surface area contributed by atoms with Gasteiger partial charge in [0.1, 0.15) is 0 Å². The molecule has 1 fully saturated rings. The molecule has 0 radical (unpaired) electrons. The molecule has 2 rings (SSSR count). The number of nitrogens with zero attached hydrogens (tertiary/aromatic N) is 1. The maximum Gasteiger partial charge on any atom is 0.219 e. The van der Waals surface area contributed by atoms with Crippen LogP contribution in [0.25, 0.3) is 0 Å².